The zero-order chi connectivity index (χ0) is 16.4. The largest absolute Gasteiger partial charge is 0.490 e. The van der Waals surface area contributed by atoms with E-state index in [0.29, 0.717) is 11.8 Å². The minimum Gasteiger partial charge on any atom is -0.490 e. The monoisotopic (exact) mass is 334 g/mol. The van der Waals surface area contributed by atoms with Gasteiger partial charge < -0.3 is 9.84 Å². The molecule has 1 aromatic heterocycles. The van der Waals surface area contributed by atoms with E-state index in [1.807, 2.05) is 24.6 Å². The van der Waals surface area contributed by atoms with Crippen molar-refractivity contribution in [3.05, 3.63) is 28.8 Å². The molecule has 0 amide bonds. The molecule has 2 aromatic rings. The number of hydrogen-bond acceptors (Lipinski definition) is 6. The van der Waals surface area contributed by atoms with Gasteiger partial charge in [0.1, 0.15) is 12.4 Å². The molecule has 1 N–H and O–H groups in total. The molecular formula is C16H22N4O2S. The van der Waals surface area contributed by atoms with E-state index in [2.05, 4.69) is 28.5 Å². The first kappa shape index (κ1) is 16.3. The Morgan fingerprint density at radius 1 is 1.30 bits per heavy atom. The molecule has 0 spiro atoms. The van der Waals surface area contributed by atoms with E-state index in [1.54, 1.807) is 0 Å². The van der Waals surface area contributed by atoms with E-state index in [4.69, 9.17) is 4.74 Å². The Balaban J connectivity index is 1.53. The van der Waals surface area contributed by atoms with Crippen molar-refractivity contribution in [3.8, 4) is 5.75 Å². The zero-order valence-corrected chi connectivity index (χ0v) is 14.5. The smallest absolute Gasteiger partial charge is 0.209 e. The van der Waals surface area contributed by atoms with Gasteiger partial charge in [-0.2, -0.15) is 0 Å². The number of benzene rings is 1. The average Bonchev–Trinajstić information content (AvgIpc) is 3.27. The van der Waals surface area contributed by atoms with Crippen LogP contribution in [-0.4, -0.2) is 43.8 Å². The molecule has 7 heteroatoms. The molecule has 23 heavy (non-hydrogen) atoms. The quantitative estimate of drug-likeness (QED) is 0.784. The van der Waals surface area contributed by atoms with Crippen LogP contribution in [0.15, 0.2) is 17.3 Å². The van der Waals surface area contributed by atoms with Crippen molar-refractivity contribution in [2.75, 3.05) is 12.4 Å². The van der Waals surface area contributed by atoms with Gasteiger partial charge in [-0.1, -0.05) is 23.9 Å². The first-order valence-corrected chi connectivity index (χ1v) is 8.83. The van der Waals surface area contributed by atoms with Crippen LogP contribution in [0.3, 0.4) is 0 Å². The zero-order valence-electron chi connectivity index (χ0n) is 13.7. The summed E-state index contributed by atoms with van der Waals surface area (Å²) in [6, 6.07) is 4.57. The second-order valence-electron chi connectivity index (χ2n) is 6.07. The van der Waals surface area contributed by atoms with Crippen molar-refractivity contribution in [2.24, 2.45) is 0 Å². The lowest BCUT2D eigenvalue weighted by atomic mass is 10.1. The highest BCUT2D eigenvalue weighted by atomic mass is 32.2. The molecule has 0 radical (unpaired) electrons. The summed E-state index contributed by atoms with van der Waals surface area (Å²) in [5.74, 6) is 1.38. The topological polar surface area (TPSA) is 73.1 Å². The van der Waals surface area contributed by atoms with Crippen LogP contribution in [0.25, 0.3) is 0 Å². The number of thioether (sulfide) groups is 1. The van der Waals surface area contributed by atoms with Crippen molar-refractivity contribution >= 4 is 11.8 Å². The summed E-state index contributed by atoms with van der Waals surface area (Å²) >= 11 is 1.47. The molecular weight excluding hydrogens is 312 g/mol. The van der Waals surface area contributed by atoms with Gasteiger partial charge >= 0.3 is 0 Å². The lowest BCUT2D eigenvalue weighted by Gasteiger charge is -2.16. The van der Waals surface area contributed by atoms with Gasteiger partial charge in [0.25, 0.3) is 0 Å². The molecule has 0 aliphatic heterocycles. The number of nitrogens with zero attached hydrogens (tertiary/aromatic N) is 4. The molecule has 1 fully saturated rings. The van der Waals surface area contributed by atoms with Gasteiger partial charge in [0.2, 0.25) is 5.16 Å². The predicted molar refractivity (Wildman–Crippen MR) is 89.0 cm³/mol. The Kier molecular flexibility index (Phi) is 4.87. The maximum absolute atomic E-state index is 10.2. The Hall–Kier alpha value is -1.60. The molecule has 0 bridgehead atoms. The lowest BCUT2D eigenvalue weighted by Crippen LogP contribution is -2.21. The van der Waals surface area contributed by atoms with E-state index in [9.17, 15) is 5.11 Å². The van der Waals surface area contributed by atoms with Crippen LogP contribution in [0, 0.1) is 20.8 Å². The lowest BCUT2D eigenvalue weighted by molar-refractivity contribution is 0.125. The minimum absolute atomic E-state index is 0.267. The van der Waals surface area contributed by atoms with Crippen LogP contribution in [0.5, 0.6) is 5.75 Å². The first-order chi connectivity index (χ1) is 11.1. The van der Waals surface area contributed by atoms with Gasteiger partial charge in [-0.15, -0.1) is 5.10 Å². The first-order valence-electron chi connectivity index (χ1n) is 7.84. The third-order valence-corrected chi connectivity index (χ3v) is 5.13. The maximum Gasteiger partial charge on any atom is 0.209 e. The molecule has 124 valence electrons. The standard InChI is InChI=1S/C16H22N4O2S/c1-10-4-5-11(2)15(12(10)3)22-8-14(21)9-23-16-17-18-19-20(16)13-6-7-13/h4-5,13-14,21H,6-9H2,1-3H3/t14-/m1/s1. The number of hydrogen-bond donors (Lipinski definition) is 1. The highest BCUT2D eigenvalue weighted by Crippen LogP contribution is 2.36. The van der Waals surface area contributed by atoms with Crippen LogP contribution in [0.4, 0.5) is 0 Å². The molecule has 0 unspecified atom stereocenters. The number of ether oxygens (including phenoxy) is 1. The molecule has 1 aliphatic carbocycles. The van der Waals surface area contributed by atoms with Crippen LogP contribution >= 0.6 is 11.8 Å². The van der Waals surface area contributed by atoms with Crippen molar-refractivity contribution in [1.29, 1.82) is 0 Å². The summed E-state index contributed by atoms with van der Waals surface area (Å²) in [5, 5.41) is 22.7. The van der Waals surface area contributed by atoms with Crippen LogP contribution in [0.2, 0.25) is 0 Å². The fraction of sp³-hybridized carbons (Fsp3) is 0.562. The maximum atomic E-state index is 10.2. The molecule has 6 nitrogen and oxygen atoms in total. The average molecular weight is 334 g/mol. The second kappa shape index (κ2) is 6.88. The number of tetrazole rings is 1. The Labute approximate surface area is 140 Å². The normalized spacial score (nSPS) is 15.7. The van der Waals surface area contributed by atoms with E-state index in [1.165, 1.54) is 17.3 Å². The Morgan fingerprint density at radius 3 is 2.78 bits per heavy atom. The highest BCUT2D eigenvalue weighted by molar-refractivity contribution is 7.99. The third kappa shape index (κ3) is 3.84. The molecule has 1 atom stereocenters. The Morgan fingerprint density at radius 2 is 2.04 bits per heavy atom. The highest BCUT2D eigenvalue weighted by Gasteiger charge is 2.28. The molecule has 0 saturated heterocycles. The molecule has 1 aromatic carbocycles. The second-order valence-corrected chi connectivity index (χ2v) is 7.05. The summed E-state index contributed by atoms with van der Waals surface area (Å²) < 4.78 is 7.70. The van der Waals surface area contributed by atoms with Gasteiger partial charge in [-0.05, 0) is 60.7 Å². The summed E-state index contributed by atoms with van der Waals surface area (Å²) in [6.07, 6.45) is 1.70. The van der Waals surface area contributed by atoms with E-state index in [0.717, 1.165) is 34.9 Å². The van der Waals surface area contributed by atoms with Crippen LogP contribution < -0.4 is 4.74 Å². The molecule has 1 heterocycles. The predicted octanol–water partition coefficient (Wildman–Crippen LogP) is 2.47. The summed E-state index contributed by atoms with van der Waals surface area (Å²) in [6.45, 7) is 6.39. The van der Waals surface area contributed by atoms with E-state index < -0.39 is 6.10 Å². The van der Waals surface area contributed by atoms with Gasteiger partial charge in [0.15, 0.2) is 0 Å². The number of aromatic nitrogens is 4. The molecule has 1 aliphatic rings. The summed E-state index contributed by atoms with van der Waals surface area (Å²) in [7, 11) is 0. The number of aliphatic hydroxyl groups is 1. The molecule has 3 rings (SSSR count). The van der Waals surface area contributed by atoms with Crippen molar-refractivity contribution < 1.29 is 9.84 Å². The number of rotatable bonds is 7. The van der Waals surface area contributed by atoms with E-state index >= 15 is 0 Å². The van der Waals surface area contributed by atoms with Gasteiger partial charge in [-0.25, -0.2) is 4.68 Å². The van der Waals surface area contributed by atoms with Gasteiger partial charge in [-0.3, -0.25) is 0 Å². The third-order valence-electron chi connectivity index (χ3n) is 4.05. The fourth-order valence-electron chi connectivity index (χ4n) is 2.37. The summed E-state index contributed by atoms with van der Waals surface area (Å²) in [4.78, 5) is 0. The number of aliphatic hydroxyl groups excluding tert-OH is 1. The Bertz CT molecular complexity index is 685. The van der Waals surface area contributed by atoms with Crippen LogP contribution in [-0.2, 0) is 0 Å². The van der Waals surface area contributed by atoms with E-state index in [-0.39, 0.29) is 6.61 Å². The summed E-state index contributed by atoms with van der Waals surface area (Å²) in [5.41, 5.74) is 3.41. The van der Waals surface area contributed by atoms with Crippen molar-refractivity contribution in [3.63, 3.8) is 0 Å². The van der Waals surface area contributed by atoms with Gasteiger partial charge in [0, 0.05) is 5.75 Å². The van der Waals surface area contributed by atoms with Gasteiger partial charge in [0.05, 0.1) is 12.1 Å². The molecule has 1 saturated carbocycles. The fourth-order valence-corrected chi connectivity index (χ4v) is 3.22. The minimum atomic E-state index is -0.566. The van der Waals surface area contributed by atoms with Crippen molar-refractivity contribution in [2.45, 2.75) is 50.9 Å². The van der Waals surface area contributed by atoms with Crippen LogP contribution in [0.1, 0.15) is 35.6 Å². The SMILES string of the molecule is Cc1ccc(C)c(OC[C@@H](O)CSc2nnnn2C2CC2)c1C. The van der Waals surface area contributed by atoms with Crippen molar-refractivity contribution in [1.82, 2.24) is 20.2 Å². The number of aryl methyl sites for hydroxylation is 2.